The van der Waals surface area contributed by atoms with Crippen LogP contribution in [0.25, 0.3) is 0 Å². The number of allylic oxidation sites excluding steroid dienone is 2. The molecule has 96 valence electrons. The van der Waals surface area contributed by atoms with Gasteiger partial charge in [-0.25, -0.2) is 0 Å². The number of nitrogens with zero attached hydrogens (tertiary/aromatic N) is 1. The van der Waals surface area contributed by atoms with Crippen LogP contribution >= 0.6 is 0 Å². The monoisotopic (exact) mass is 240 g/mol. The van der Waals surface area contributed by atoms with E-state index in [1.165, 1.54) is 0 Å². The molecule has 0 bridgehead atoms. The van der Waals surface area contributed by atoms with E-state index in [4.69, 9.17) is 10.8 Å². The lowest BCUT2D eigenvalue weighted by Crippen LogP contribution is -2.31. The summed E-state index contributed by atoms with van der Waals surface area (Å²) in [5.41, 5.74) is 4.83. The number of amides is 2. The first-order valence-corrected chi connectivity index (χ1v) is 5.63. The number of rotatable bonds is 7. The van der Waals surface area contributed by atoms with Crippen molar-refractivity contribution in [1.29, 1.82) is 0 Å². The molecule has 17 heavy (non-hydrogen) atoms. The van der Waals surface area contributed by atoms with Crippen molar-refractivity contribution in [2.45, 2.75) is 26.7 Å². The van der Waals surface area contributed by atoms with Crippen molar-refractivity contribution in [2.75, 3.05) is 13.1 Å². The van der Waals surface area contributed by atoms with Gasteiger partial charge in [-0.15, -0.1) is 0 Å². The van der Waals surface area contributed by atoms with Crippen LogP contribution in [-0.4, -0.2) is 34.9 Å². The standard InChI is InChI=1S/C12H20N2O3/c1-3-5-6-7-8-14(4-2)11(16)9-10(15)12(13)17/h3,5,9,15H,4,6-8H2,1-2H3,(H2,13,17)/b5-3-,10-9-. The van der Waals surface area contributed by atoms with Gasteiger partial charge in [0.2, 0.25) is 5.91 Å². The molecular weight excluding hydrogens is 220 g/mol. The number of hydrogen-bond acceptors (Lipinski definition) is 3. The van der Waals surface area contributed by atoms with Crippen LogP contribution in [0.3, 0.4) is 0 Å². The van der Waals surface area contributed by atoms with Gasteiger partial charge < -0.3 is 15.7 Å². The Kier molecular flexibility index (Phi) is 7.50. The van der Waals surface area contributed by atoms with Crippen molar-refractivity contribution in [3.63, 3.8) is 0 Å². The molecule has 2 amide bonds. The average Bonchev–Trinajstić information content (AvgIpc) is 2.28. The minimum absolute atomic E-state index is 0.399. The highest BCUT2D eigenvalue weighted by atomic mass is 16.3. The SMILES string of the molecule is C/C=C\CCCN(CC)C(=O)/C=C(\O)C(N)=O. The fraction of sp³-hybridized carbons (Fsp3) is 0.500. The highest BCUT2D eigenvalue weighted by Crippen LogP contribution is 2.00. The fourth-order valence-electron chi connectivity index (χ4n) is 1.27. The summed E-state index contributed by atoms with van der Waals surface area (Å²) in [6.07, 6.45) is 6.58. The van der Waals surface area contributed by atoms with Gasteiger partial charge >= 0.3 is 0 Å². The smallest absolute Gasteiger partial charge is 0.283 e. The quantitative estimate of drug-likeness (QED) is 0.303. The summed E-state index contributed by atoms with van der Waals surface area (Å²) in [6, 6.07) is 0. The molecule has 0 unspecified atom stereocenters. The van der Waals surface area contributed by atoms with Crippen LogP contribution in [0.2, 0.25) is 0 Å². The summed E-state index contributed by atoms with van der Waals surface area (Å²) >= 11 is 0. The molecule has 0 spiro atoms. The number of nitrogens with two attached hydrogens (primary N) is 1. The van der Waals surface area contributed by atoms with Gasteiger partial charge in [-0.3, -0.25) is 9.59 Å². The average molecular weight is 240 g/mol. The molecule has 0 heterocycles. The summed E-state index contributed by atoms with van der Waals surface area (Å²) in [7, 11) is 0. The zero-order valence-corrected chi connectivity index (χ0v) is 10.3. The van der Waals surface area contributed by atoms with Gasteiger partial charge in [0, 0.05) is 13.1 Å². The third-order valence-corrected chi connectivity index (χ3v) is 2.24. The number of unbranched alkanes of at least 4 members (excludes halogenated alkanes) is 1. The maximum atomic E-state index is 11.6. The summed E-state index contributed by atoms with van der Waals surface area (Å²) in [5, 5.41) is 9.08. The van der Waals surface area contributed by atoms with Crippen LogP contribution in [0.1, 0.15) is 26.7 Å². The Morgan fingerprint density at radius 2 is 2.06 bits per heavy atom. The van der Waals surface area contributed by atoms with Crippen molar-refractivity contribution < 1.29 is 14.7 Å². The summed E-state index contributed by atoms with van der Waals surface area (Å²) in [5.74, 6) is -2.10. The topological polar surface area (TPSA) is 83.6 Å². The van der Waals surface area contributed by atoms with Gasteiger partial charge in [0.25, 0.3) is 5.91 Å². The Morgan fingerprint density at radius 1 is 1.41 bits per heavy atom. The molecule has 5 nitrogen and oxygen atoms in total. The largest absolute Gasteiger partial charge is 0.503 e. The molecule has 0 atom stereocenters. The fourth-order valence-corrected chi connectivity index (χ4v) is 1.27. The molecule has 0 aliphatic carbocycles. The first kappa shape index (κ1) is 15.2. The molecule has 0 radical (unpaired) electrons. The van der Waals surface area contributed by atoms with Crippen molar-refractivity contribution in [2.24, 2.45) is 5.73 Å². The van der Waals surface area contributed by atoms with Crippen LogP contribution < -0.4 is 5.73 Å². The number of likely N-dealkylation sites (N-methyl/N-ethyl adjacent to an activating group) is 1. The van der Waals surface area contributed by atoms with Gasteiger partial charge in [0.05, 0.1) is 6.08 Å². The van der Waals surface area contributed by atoms with E-state index in [2.05, 4.69) is 0 Å². The molecule has 0 saturated carbocycles. The van der Waals surface area contributed by atoms with Crippen molar-refractivity contribution in [1.82, 2.24) is 4.90 Å². The maximum Gasteiger partial charge on any atom is 0.283 e. The Morgan fingerprint density at radius 3 is 2.53 bits per heavy atom. The molecular formula is C12H20N2O3. The van der Waals surface area contributed by atoms with Crippen LogP contribution in [0.5, 0.6) is 0 Å². The third-order valence-electron chi connectivity index (χ3n) is 2.24. The summed E-state index contributed by atoms with van der Waals surface area (Å²) in [4.78, 5) is 23.7. The van der Waals surface area contributed by atoms with E-state index in [1.54, 1.807) is 4.90 Å². The molecule has 0 aliphatic rings. The molecule has 0 aliphatic heterocycles. The lowest BCUT2D eigenvalue weighted by Gasteiger charge is -2.18. The van der Waals surface area contributed by atoms with Crippen molar-refractivity contribution >= 4 is 11.8 Å². The second-order valence-corrected chi connectivity index (χ2v) is 3.52. The molecule has 5 heteroatoms. The predicted molar refractivity (Wildman–Crippen MR) is 66.2 cm³/mol. The Hall–Kier alpha value is -1.78. The van der Waals surface area contributed by atoms with Crippen molar-refractivity contribution in [3.8, 4) is 0 Å². The maximum absolute atomic E-state index is 11.6. The normalized spacial score (nSPS) is 11.8. The number of carbonyl (C=O) groups excluding carboxylic acids is 2. The van der Waals surface area contributed by atoms with Gasteiger partial charge in [-0.1, -0.05) is 12.2 Å². The van der Waals surface area contributed by atoms with Gasteiger partial charge in [-0.2, -0.15) is 0 Å². The van der Waals surface area contributed by atoms with E-state index in [-0.39, 0.29) is 0 Å². The lowest BCUT2D eigenvalue weighted by atomic mass is 10.2. The first-order chi connectivity index (χ1) is 8.02. The zero-order valence-electron chi connectivity index (χ0n) is 10.3. The predicted octanol–water partition coefficient (Wildman–Crippen LogP) is 1.12. The Bertz CT molecular complexity index is 322. The molecule has 3 N–H and O–H groups in total. The van der Waals surface area contributed by atoms with Gasteiger partial charge in [-0.05, 0) is 26.7 Å². The minimum atomic E-state index is -0.997. The second-order valence-electron chi connectivity index (χ2n) is 3.52. The molecule has 0 aromatic heterocycles. The zero-order chi connectivity index (χ0) is 13.3. The van der Waals surface area contributed by atoms with Crippen LogP contribution in [-0.2, 0) is 9.59 Å². The number of aliphatic hydroxyl groups excluding tert-OH is 1. The molecule has 0 rings (SSSR count). The van der Waals surface area contributed by atoms with Gasteiger partial charge in [0.1, 0.15) is 0 Å². The van der Waals surface area contributed by atoms with Gasteiger partial charge in [0.15, 0.2) is 5.76 Å². The van der Waals surface area contributed by atoms with Crippen LogP contribution in [0, 0.1) is 0 Å². The van der Waals surface area contributed by atoms with E-state index < -0.39 is 17.6 Å². The number of hydrogen-bond donors (Lipinski definition) is 2. The van der Waals surface area contributed by atoms with E-state index in [0.29, 0.717) is 13.1 Å². The van der Waals surface area contributed by atoms with E-state index in [9.17, 15) is 9.59 Å². The number of aliphatic hydroxyl groups is 1. The number of carbonyl (C=O) groups is 2. The van der Waals surface area contributed by atoms with Crippen LogP contribution in [0.4, 0.5) is 0 Å². The molecule has 0 saturated heterocycles. The van der Waals surface area contributed by atoms with E-state index in [1.807, 2.05) is 26.0 Å². The summed E-state index contributed by atoms with van der Waals surface area (Å²) in [6.45, 7) is 4.89. The highest BCUT2D eigenvalue weighted by Gasteiger charge is 2.11. The second kappa shape index (κ2) is 8.38. The number of primary amides is 1. The third kappa shape index (κ3) is 6.40. The molecule has 0 aromatic carbocycles. The van der Waals surface area contributed by atoms with Crippen molar-refractivity contribution in [3.05, 3.63) is 24.0 Å². The minimum Gasteiger partial charge on any atom is -0.503 e. The first-order valence-electron chi connectivity index (χ1n) is 5.63. The highest BCUT2D eigenvalue weighted by molar-refractivity contribution is 5.98. The van der Waals surface area contributed by atoms with Crippen LogP contribution in [0.15, 0.2) is 24.0 Å². The lowest BCUT2D eigenvalue weighted by molar-refractivity contribution is -0.126. The van der Waals surface area contributed by atoms with E-state index >= 15 is 0 Å². The molecule has 0 fully saturated rings. The van der Waals surface area contributed by atoms with E-state index in [0.717, 1.165) is 18.9 Å². The molecule has 0 aromatic rings. The Labute approximate surface area is 102 Å². The summed E-state index contributed by atoms with van der Waals surface area (Å²) < 4.78 is 0. The Balaban J connectivity index is 4.31.